The van der Waals surface area contributed by atoms with Gasteiger partial charge in [-0.15, -0.1) is 0 Å². The number of amides is 3. The molecule has 1 aliphatic heterocycles. The largest absolute Gasteiger partial charge is 0.325 e. The van der Waals surface area contributed by atoms with E-state index in [9.17, 15) is 31.2 Å². The number of nitrogens with one attached hydrogen (secondary N) is 2. The van der Waals surface area contributed by atoms with E-state index in [0.29, 0.717) is 4.31 Å². The summed E-state index contributed by atoms with van der Waals surface area (Å²) in [6, 6.07) is 10.5. The molecule has 0 fully saturated rings. The number of rotatable bonds is 5. The Kier molecular flexibility index (Phi) is 5.15. The number of hydrogen-bond donors (Lipinski definition) is 2. The lowest BCUT2D eigenvalue weighted by molar-refractivity contribution is -0.117. The van der Waals surface area contributed by atoms with Crippen molar-refractivity contribution in [1.82, 2.24) is 9.03 Å². The lowest BCUT2D eigenvalue weighted by Crippen LogP contribution is -2.37. The molecular weight excluding hydrogens is 422 g/mol. The van der Waals surface area contributed by atoms with Gasteiger partial charge in [0.1, 0.15) is 11.4 Å². The van der Waals surface area contributed by atoms with Gasteiger partial charge >= 0.3 is 0 Å². The maximum Gasteiger partial charge on any atom is 0.269 e. The van der Waals surface area contributed by atoms with E-state index < -0.39 is 44.3 Å². The minimum Gasteiger partial charge on any atom is -0.325 e. The van der Waals surface area contributed by atoms with Crippen LogP contribution >= 0.6 is 0 Å². The molecule has 10 nitrogen and oxygen atoms in total. The van der Waals surface area contributed by atoms with Crippen LogP contribution in [0.2, 0.25) is 0 Å². The van der Waals surface area contributed by atoms with Gasteiger partial charge in [-0.3, -0.25) is 14.4 Å². The van der Waals surface area contributed by atoms with Crippen LogP contribution in [-0.2, 0) is 29.6 Å². The van der Waals surface area contributed by atoms with Gasteiger partial charge in [0.15, 0.2) is 0 Å². The van der Waals surface area contributed by atoms with Crippen molar-refractivity contribution < 1.29 is 31.2 Å². The molecule has 0 bridgehead atoms. The van der Waals surface area contributed by atoms with E-state index in [1.165, 1.54) is 36.4 Å². The van der Waals surface area contributed by atoms with E-state index in [1.54, 1.807) is 4.72 Å². The quantitative estimate of drug-likeness (QED) is 0.683. The zero-order chi connectivity index (χ0) is 21.4. The van der Waals surface area contributed by atoms with Crippen LogP contribution in [0.4, 0.5) is 5.69 Å². The summed E-state index contributed by atoms with van der Waals surface area (Å²) in [5.74, 6) is -2.33. The zero-order valence-corrected chi connectivity index (χ0v) is 16.6. The Morgan fingerprint density at radius 1 is 1.03 bits per heavy atom. The Labute approximate surface area is 166 Å². The average Bonchev–Trinajstić information content (AvgIpc) is 2.82. The molecule has 0 atom stereocenters. The van der Waals surface area contributed by atoms with Crippen LogP contribution in [-0.4, -0.2) is 45.4 Å². The Balaban J connectivity index is 1.72. The van der Waals surface area contributed by atoms with Crippen molar-refractivity contribution in [3.05, 3.63) is 54.1 Å². The van der Waals surface area contributed by atoms with Crippen LogP contribution in [0.25, 0.3) is 0 Å². The van der Waals surface area contributed by atoms with Gasteiger partial charge in [0.2, 0.25) is 11.8 Å². The highest BCUT2D eigenvalue weighted by atomic mass is 32.2. The topological polar surface area (TPSA) is 147 Å². The summed E-state index contributed by atoms with van der Waals surface area (Å²) in [6.07, 6.45) is 0. The van der Waals surface area contributed by atoms with Crippen molar-refractivity contribution in [3.63, 3.8) is 0 Å². The molecule has 0 radical (unpaired) electrons. The van der Waals surface area contributed by atoms with Crippen molar-refractivity contribution in [2.45, 2.75) is 16.7 Å². The molecule has 2 N–H and O–H groups in total. The predicted molar refractivity (Wildman–Crippen MR) is 101 cm³/mol. The normalized spacial score (nSPS) is 14.9. The number of fused-ring (bicyclic) bond motifs is 1. The van der Waals surface area contributed by atoms with Gasteiger partial charge in [-0.2, -0.15) is 0 Å². The molecule has 2 aromatic carbocycles. The third kappa shape index (κ3) is 3.98. The van der Waals surface area contributed by atoms with Gasteiger partial charge in [-0.05, 0) is 36.4 Å². The Morgan fingerprint density at radius 2 is 1.66 bits per heavy atom. The molecule has 1 aliphatic rings. The zero-order valence-electron chi connectivity index (χ0n) is 14.9. The number of nitrogens with zero attached hydrogens (tertiary/aromatic N) is 1. The van der Waals surface area contributed by atoms with Crippen molar-refractivity contribution in [2.24, 2.45) is 0 Å². The van der Waals surface area contributed by atoms with Gasteiger partial charge in [0, 0.05) is 12.6 Å². The molecule has 1 heterocycles. The molecule has 0 unspecified atom stereocenters. The monoisotopic (exact) mass is 437 g/mol. The fraction of sp³-hybridized carbons (Fsp3) is 0.118. The SMILES string of the molecule is CC(=O)NS(=O)(=O)c1ccc(NC(=O)CN2C(=O)c3ccccc3S2(=O)=O)cc1. The lowest BCUT2D eigenvalue weighted by atomic mass is 10.2. The third-order valence-electron chi connectivity index (χ3n) is 3.93. The Hall–Kier alpha value is -3.25. The van der Waals surface area contributed by atoms with Crippen LogP contribution in [0.15, 0.2) is 58.3 Å². The third-order valence-corrected chi connectivity index (χ3v) is 7.16. The first-order chi connectivity index (χ1) is 13.5. The molecule has 2 aromatic rings. The van der Waals surface area contributed by atoms with Gasteiger partial charge in [0.25, 0.3) is 26.0 Å². The van der Waals surface area contributed by atoms with Crippen LogP contribution in [0, 0.1) is 0 Å². The van der Waals surface area contributed by atoms with Crippen molar-refractivity contribution in [3.8, 4) is 0 Å². The number of benzene rings is 2. The fourth-order valence-electron chi connectivity index (χ4n) is 2.68. The summed E-state index contributed by atoms with van der Waals surface area (Å²) in [5, 5.41) is 2.39. The van der Waals surface area contributed by atoms with Crippen LogP contribution in [0.1, 0.15) is 17.3 Å². The molecule has 3 rings (SSSR count). The fourth-order valence-corrected chi connectivity index (χ4v) is 5.20. The average molecular weight is 437 g/mol. The molecule has 0 aliphatic carbocycles. The highest BCUT2D eigenvalue weighted by Crippen LogP contribution is 2.29. The van der Waals surface area contributed by atoms with E-state index in [0.717, 1.165) is 19.1 Å². The van der Waals surface area contributed by atoms with Gasteiger partial charge < -0.3 is 5.32 Å². The van der Waals surface area contributed by atoms with E-state index >= 15 is 0 Å². The first-order valence-electron chi connectivity index (χ1n) is 8.12. The maximum atomic E-state index is 12.4. The van der Waals surface area contributed by atoms with Crippen LogP contribution < -0.4 is 10.0 Å². The second-order valence-electron chi connectivity index (χ2n) is 6.05. The van der Waals surface area contributed by atoms with Crippen LogP contribution in [0.3, 0.4) is 0 Å². The van der Waals surface area contributed by atoms with Crippen molar-refractivity contribution >= 4 is 43.5 Å². The minimum atomic E-state index is -4.12. The number of carbonyl (C=O) groups excluding carboxylic acids is 3. The first kappa shape index (κ1) is 20.5. The molecule has 0 spiro atoms. The summed E-state index contributed by atoms with van der Waals surface area (Å²) in [6.45, 7) is 0.319. The highest BCUT2D eigenvalue weighted by Gasteiger charge is 2.41. The second kappa shape index (κ2) is 7.29. The van der Waals surface area contributed by atoms with Gasteiger partial charge in [-0.1, -0.05) is 12.1 Å². The van der Waals surface area contributed by atoms with E-state index in [2.05, 4.69) is 5.32 Å². The predicted octanol–water partition coefficient (Wildman–Crippen LogP) is 0.295. The Morgan fingerprint density at radius 3 is 2.24 bits per heavy atom. The molecule has 3 amide bonds. The standard InChI is InChI=1S/C17H15N3O7S2/c1-11(21)19-28(24,25)13-8-6-12(7-9-13)18-16(22)10-20-17(23)14-4-2-3-5-15(14)29(20,26)27/h2-9H,10H2,1H3,(H,18,22)(H,19,21). The molecular formula is C17H15N3O7S2. The summed E-state index contributed by atoms with van der Waals surface area (Å²) in [4.78, 5) is 35.1. The Bertz CT molecular complexity index is 1220. The summed E-state index contributed by atoms with van der Waals surface area (Å²) < 4.78 is 51.0. The smallest absolute Gasteiger partial charge is 0.269 e. The van der Waals surface area contributed by atoms with Gasteiger partial charge in [-0.25, -0.2) is 25.9 Å². The number of hydrogen-bond acceptors (Lipinski definition) is 7. The summed E-state index contributed by atoms with van der Waals surface area (Å²) >= 11 is 0. The number of anilines is 1. The lowest BCUT2D eigenvalue weighted by Gasteiger charge is -2.15. The molecule has 0 saturated carbocycles. The van der Waals surface area contributed by atoms with Crippen LogP contribution in [0.5, 0.6) is 0 Å². The number of sulfonamides is 2. The minimum absolute atomic E-state index is 0.00664. The first-order valence-corrected chi connectivity index (χ1v) is 11.0. The van der Waals surface area contributed by atoms with Crippen molar-refractivity contribution in [2.75, 3.05) is 11.9 Å². The highest BCUT2D eigenvalue weighted by molar-refractivity contribution is 7.90. The molecule has 12 heteroatoms. The van der Waals surface area contributed by atoms with E-state index in [-0.39, 0.29) is 21.0 Å². The maximum absolute atomic E-state index is 12.4. The molecule has 152 valence electrons. The molecule has 29 heavy (non-hydrogen) atoms. The van der Waals surface area contributed by atoms with E-state index in [4.69, 9.17) is 0 Å². The summed E-state index contributed by atoms with van der Waals surface area (Å²) in [5.41, 5.74) is 0.172. The molecule has 0 saturated heterocycles. The van der Waals surface area contributed by atoms with Gasteiger partial charge in [0.05, 0.1) is 10.5 Å². The second-order valence-corrected chi connectivity index (χ2v) is 9.56. The van der Waals surface area contributed by atoms with E-state index in [1.807, 2.05) is 0 Å². The number of carbonyl (C=O) groups is 3. The van der Waals surface area contributed by atoms with Crippen molar-refractivity contribution in [1.29, 1.82) is 0 Å². The molecule has 0 aromatic heterocycles. The summed E-state index contributed by atoms with van der Waals surface area (Å²) in [7, 11) is -8.14.